The minimum Gasteiger partial charge on any atom is -0.114 e. The fourth-order valence-electron chi connectivity index (χ4n) is 0.799. The number of hydrogen-bond donors (Lipinski definition) is 0. The van der Waals surface area contributed by atoms with Gasteiger partial charge >= 0.3 is 0 Å². The van der Waals surface area contributed by atoms with E-state index in [1.165, 1.54) is 14.7 Å². The Labute approximate surface area is 48.6 Å². The average molecular weight is 134 g/mol. The minimum atomic E-state index is 0.486. The van der Waals surface area contributed by atoms with Crippen molar-refractivity contribution in [3.8, 4) is 0 Å². The van der Waals surface area contributed by atoms with Gasteiger partial charge in [-0.2, -0.15) is 0 Å². The summed E-state index contributed by atoms with van der Waals surface area (Å²) < 4.78 is 0. The van der Waals surface area contributed by atoms with Crippen molar-refractivity contribution in [1.82, 2.24) is 0 Å². The summed E-state index contributed by atoms with van der Waals surface area (Å²) in [6.07, 6.45) is 3.08. The van der Waals surface area contributed by atoms with E-state index in [0.717, 1.165) is 5.40 Å². The van der Waals surface area contributed by atoms with Gasteiger partial charge in [0.15, 0.2) is 0 Å². The lowest BCUT2D eigenvalue weighted by molar-refractivity contribution is 1.40. The molecule has 0 aliphatic carbocycles. The van der Waals surface area contributed by atoms with Gasteiger partial charge in [0.2, 0.25) is 0 Å². The first-order valence-electron chi connectivity index (χ1n) is 2.74. The molecule has 0 radical (unpaired) electrons. The highest BCUT2D eigenvalue weighted by atomic mass is 31.2. The average Bonchev–Trinajstić information content (AvgIpc) is 1.91. The molecular weight excluding hydrogens is 122 g/mol. The van der Waals surface area contributed by atoms with Crippen LogP contribution < -0.4 is 0 Å². The summed E-state index contributed by atoms with van der Waals surface area (Å²) in [4.78, 5) is 0. The van der Waals surface area contributed by atoms with Crippen LogP contribution in [0.3, 0.4) is 0 Å². The molecule has 1 aliphatic heterocycles. The second-order valence-electron chi connectivity index (χ2n) is 2.11. The summed E-state index contributed by atoms with van der Waals surface area (Å²) in [6, 6.07) is 0. The van der Waals surface area contributed by atoms with Crippen molar-refractivity contribution in [1.29, 1.82) is 0 Å². The molecule has 3 atom stereocenters. The van der Waals surface area contributed by atoms with E-state index in [-0.39, 0.29) is 0 Å². The van der Waals surface area contributed by atoms with Crippen molar-refractivity contribution in [2.45, 2.75) is 12.3 Å². The maximum absolute atomic E-state index is 2.43. The highest BCUT2D eigenvalue weighted by Gasteiger charge is 2.16. The Hall–Kier alpha value is 0.860. The Morgan fingerprint density at radius 1 is 1.71 bits per heavy atom. The van der Waals surface area contributed by atoms with Crippen LogP contribution in [0.25, 0.3) is 0 Å². The molecule has 1 fully saturated rings. The number of hydrogen-bond acceptors (Lipinski definition) is 0. The molecule has 0 aromatic rings. The Morgan fingerprint density at radius 3 is 2.57 bits per heavy atom. The van der Waals surface area contributed by atoms with E-state index in [9.17, 15) is 0 Å². The summed E-state index contributed by atoms with van der Waals surface area (Å²) in [5, 5.41) is 1.11. The van der Waals surface area contributed by atoms with Crippen LogP contribution >= 0.6 is 16.5 Å². The Bertz CT molecular complexity index is 55.1. The highest BCUT2D eigenvalue weighted by Crippen LogP contribution is 2.52. The van der Waals surface area contributed by atoms with Gasteiger partial charge < -0.3 is 0 Å². The van der Waals surface area contributed by atoms with E-state index in [4.69, 9.17) is 0 Å². The van der Waals surface area contributed by atoms with Gasteiger partial charge in [-0.3, -0.25) is 0 Å². The van der Waals surface area contributed by atoms with Crippen molar-refractivity contribution < 1.29 is 0 Å². The molecule has 7 heavy (non-hydrogen) atoms. The molecule has 0 N–H and O–H groups in total. The lowest BCUT2D eigenvalue weighted by Gasteiger charge is -2.06. The van der Waals surface area contributed by atoms with Gasteiger partial charge in [0.1, 0.15) is 0 Å². The third-order valence-electron chi connectivity index (χ3n) is 1.57. The van der Waals surface area contributed by atoms with E-state index in [0.29, 0.717) is 7.92 Å². The molecule has 42 valence electrons. The monoisotopic (exact) mass is 134 g/mol. The van der Waals surface area contributed by atoms with Crippen LogP contribution in [0, 0.1) is 0 Å². The van der Waals surface area contributed by atoms with Crippen molar-refractivity contribution in [3.05, 3.63) is 0 Å². The Balaban J connectivity index is 2.33. The van der Waals surface area contributed by atoms with E-state index < -0.39 is 0 Å². The first kappa shape index (κ1) is 5.99. The maximum Gasteiger partial charge on any atom is -0.00641 e. The third-order valence-corrected chi connectivity index (χ3v) is 7.24. The molecule has 1 aliphatic rings. The molecule has 3 unspecified atom stereocenters. The molecule has 0 bridgehead atoms. The predicted molar refractivity (Wildman–Crippen MR) is 40.4 cm³/mol. The molecular formula is C5H12P2. The molecule has 0 aromatic heterocycles. The predicted octanol–water partition coefficient (Wildman–Crippen LogP) is 2.14. The van der Waals surface area contributed by atoms with Crippen molar-refractivity contribution in [2.24, 2.45) is 0 Å². The fourth-order valence-corrected chi connectivity index (χ4v) is 5.55. The highest BCUT2D eigenvalue weighted by molar-refractivity contribution is 7.71. The van der Waals surface area contributed by atoms with Crippen LogP contribution in [0.2, 0.25) is 0 Å². The van der Waals surface area contributed by atoms with Crippen LogP contribution in [0.4, 0.5) is 0 Å². The molecule has 2 heteroatoms. The van der Waals surface area contributed by atoms with Gasteiger partial charge in [0, 0.05) is 0 Å². The van der Waals surface area contributed by atoms with Crippen molar-refractivity contribution in [2.75, 3.05) is 19.0 Å². The molecule has 1 heterocycles. The maximum atomic E-state index is 2.43. The van der Waals surface area contributed by atoms with Crippen LogP contribution in [-0.2, 0) is 0 Å². The first-order chi connectivity index (χ1) is 3.30. The summed E-state index contributed by atoms with van der Waals surface area (Å²) in [5.41, 5.74) is 0. The Kier molecular flexibility index (Phi) is 2.07. The lowest BCUT2D eigenvalue weighted by Crippen LogP contribution is -1.81. The summed E-state index contributed by atoms with van der Waals surface area (Å²) in [5.74, 6) is 0. The van der Waals surface area contributed by atoms with Gasteiger partial charge in [-0.05, 0) is 24.4 Å². The van der Waals surface area contributed by atoms with E-state index in [1.807, 2.05) is 0 Å². The topological polar surface area (TPSA) is 0 Å². The van der Waals surface area contributed by atoms with Gasteiger partial charge in [0.05, 0.1) is 0 Å². The van der Waals surface area contributed by atoms with Crippen molar-refractivity contribution >= 4 is 16.5 Å². The largest absolute Gasteiger partial charge is 0.114 e. The number of rotatable bonds is 0. The fraction of sp³-hybridized carbons (Fsp3) is 1.00. The van der Waals surface area contributed by atoms with Gasteiger partial charge in [-0.1, -0.05) is 6.92 Å². The second-order valence-corrected chi connectivity index (χ2v) is 7.11. The quantitative estimate of drug-likeness (QED) is 0.445. The standard InChI is InChI=1S/C5H12P2/c1-5-6-3-4-7(5)2/h5-6H,3-4H2,1-2H3. The second kappa shape index (κ2) is 2.42. The van der Waals surface area contributed by atoms with E-state index in [1.54, 1.807) is 6.16 Å². The van der Waals surface area contributed by atoms with Gasteiger partial charge in [-0.25, -0.2) is 0 Å². The normalized spacial score (nSPS) is 45.4. The smallest absolute Gasteiger partial charge is 0.00641 e. The summed E-state index contributed by atoms with van der Waals surface area (Å²) in [7, 11) is 1.78. The third kappa shape index (κ3) is 1.37. The molecule has 0 nitrogen and oxygen atoms in total. The van der Waals surface area contributed by atoms with Crippen molar-refractivity contribution in [3.63, 3.8) is 0 Å². The molecule has 0 aromatic carbocycles. The van der Waals surface area contributed by atoms with E-state index >= 15 is 0 Å². The van der Waals surface area contributed by atoms with Crippen LogP contribution in [0.1, 0.15) is 6.92 Å². The molecule has 0 saturated carbocycles. The Morgan fingerprint density at radius 2 is 2.43 bits per heavy atom. The van der Waals surface area contributed by atoms with Gasteiger partial charge in [0.25, 0.3) is 0 Å². The van der Waals surface area contributed by atoms with Crippen LogP contribution in [0.5, 0.6) is 0 Å². The van der Waals surface area contributed by atoms with E-state index in [2.05, 4.69) is 13.6 Å². The zero-order valence-electron chi connectivity index (χ0n) is 4.94. The first-order valence-corrected chi connectivity index (χ1v) is 6.07. The van der Waals surface area contributed by atoms with Gasteiger partial charge in [-0.15, -0.1) is 16.5 Å². The van der Waals surface area contributed by atoms with Crippen LogP contribution in [-0.4, -0.2) is 24.4 Å². The molecule has 0 spiro atoms. The molecule has 1 saturated heterocycles. The molecule has 1 rings (SSSR count). The minimum absolute atomic E-state index is 0.486. The zero-order valence-corrected chi connectivity index (χ0v) is 6.83. The lowest BCUT2D eigenvalue weighted by atomic mass is 11.0. The SMILES string of the molecule is CC1PCCP1C. The molecule has 0 amide bonds. The van der Waals surface area contributed by atoms with Crippen LogP contribution in [0.15, 0.2) is 0 Å². The zero-order chi connectivity index (χ0) is 5.28. The summed E-state index contributed by atoms with van der Waals surface area (Å²) in [6.45, 7) is 4.83. The summed E-state index contributed by atoms with van der Waals surface area (Å²) >= 11 is 0.